The molecular weight excluding hydrogens is 248 g/mol. The first kappa shape index (κ1) is 13.4. The fraction of sp³-hybridized carbons (Fsp3) is 0.429. The highest BCUT2D eigenvalue weighted by atomic mass is 16.5. The van der Waals surface area contributed by atoms with Crippen LogP contribution in [0.5, 0.6) is 5.75 Å². The maximum atomic E-state index is 11.9. The van der Waals surface area contributed by atoms with Gasteiger partial charge in [0.15, 0.2) is 5.41 Å². The summed E-state index contributed by atoms with van der Waals surface area (Å²) in [6.07, 6.45) is 0.415. The Balaban J connectivity index is 2.27. The summed E-state index contributed by atoms with van der Waals surface area (Å²) in [5.74, 6) is -0.551. The van der Waals surface area contributed by atoms with Crippen LogP contribution in [0.15, 0.2) is 24.3 Å². The smallest absolute Gasteiger partial charge is 0.323 e. The zero-order chi connectivity index (χ0) is 14.0. The largest absolute Gasteiger partial charge is 0.497 e. The van der Waals surface area contributed by atoms with Crippen molar-refractivity contribution in [1.82, 2.24) is 0 Å². The minimum Gasteiger partial charge on any atom is -0.497 e. The number of esters is 2. The van der Waals surface area contributed by atoms with E-state index in [1.807, 2.05) is 12.1 Å². The van der Waals surface area contributed by atoms with Gasteiger partial charge in [-0.15, -0.1) is 0 Å². The molecule has 1 fully saturated rings. The van der Waals surface area contributed by atoms with Gasteiger partial charge >= 0.3 is 11.9 Å². The van der Waals surface area contributed by atoms with E-state index in [1.54, 1.807) is 19.2 Å². The number of carbonyl (C=O) groups is 2. The summed E-state index contributed by atoms with van der Waals surface area (Å²) in [5, 5.41) is 0. The highest BCUT2D eigenvalue weighted by molar-refractivity contribution is 6.05. The van der Waals surface area contributed by atoms with Crippen LogP contribution < -0.4 is 4.74 Å². The number of methoxy groups -OCH3 is 3. The lowest BCUT2D eigenvalue weighted by molar-refractivity contribution is -0.161. The van der Waals surface area contributed by atoms with Crippen LogP contribution in [-0.4, -0.2) is 33.3 Å². The van der Waals surface area contributed by atoms with Crippen LogP contribution in [0.3, 0.4) is 0 Å². The van der Waals surface area contributed by atoms with Crippen molar-refractivity contribution in [2.45, 2.75) is 12.3 Å². The Labute approximate surface area is 111 Å². The Morgan fingerprint density at radius 2 is 1.58 bits per heavy atom. The molecule has 1 atom stereocenters. The highest BCUT2D eigenvalue weighted by Crippen LogP contribution is 2.60. The molecule has 19 heavy (non-hydrogen) atoms. The molecule has 102 valence electrons. The number of benzene rings is 1. The molecule has 0 bridgehead atoms. The Morgan fingerprint density at radius 3 is 2.00 bits per heavy atom. The second kappa shape index (κ2) is 4.91. The Morgan fingerprint density at radius 1 is 1.05 bits per heavy atom. The van der Waals surface area contributed by atoms with E-state index in [2.05, 4.69) is 0 Å². The molecule has 0 aliphatic heterocycles. The molecule has 1 aliphatic rings. The van der Waals surface area contributed by atoms with Gasteiger partial charge in [0.05, 0.1) is 21.3 Å². The monoisotopic (exact) mass is 264 g/mol. The van der Waals surface area contributed by atoms with Crippen molar-refractivity contribution < 1.29 is 23.8 Å². The Bertz CT molecular complexity index is 475. The van der Waals surface area contributed by atoms with Crippen molar-refractivity contribution >= 4 is 11.9 Å². The van der Waals surface area contributed by atoms with E-state index < -0.39 is 17.4 Å². The summed E-state index contributed by atoms with van der Waals surface area (Å²) in [7, 11) is 4.13. The van der Waals surface area contributed by atoms with E-state index in [0.717, 1.165) is 11.3 Å². The summed E-state index contributed by atoms with van der Waals surface area (Å²) in [6.45, 7) is 0. The lowest BCUT2D eigenvalue weighted by Crippen LogP contribution is -2.30. The van der Waals surface area contributed by atoms with Crippen molar-refractivity contribution in [3.05, 3.63) is 29.8 Å². The molecule has 0 saturated heterocycles. The van der Waals surface area contributed by atoms with Crippen LogP contribution in [0.25, 0.3) is 0 Å². The molecule has 2 rings (SSSR count). The normalized spacial score (nSPS) is 19.4. The fourth-order valence-corrected chi connectivity index (χ4v) is 2.40. The number of rotatable bonds is 4. The lowest BCUT2D eigenvalue weighted by Gasteiger charge is -2.12. The second-order valence-electron chi connectivity index (χ2n) is 4.48. The van der Waals surface area contributed by atoms with Gasteiger partial charge in [-0.1, -0.05) is 12.1 Å². The minimum absolute atomic E-state index is 0.196. The van der Waals surface area contributed by atoms with E-state index in [9.17, 15) is 9.59 Å². The van der Waals surface area contributed by atoms with Crippen LogP contribution in [0.1, 0.15) is 17.9 Å². The number of carbonyl (C=O) groups excluding carboxylic acids is 2. The quantitative estimate of drug-likeness (QED) is 0.609. The van der Waals surface area contributed by atoms with Crippen molar-refractivity contribution in [3.63, 3.8) is 0 Å². The van der Waals surface area contributed by atoms with Crippen LogP contribution in [0.2, 0.25) is 0 Å². The van der Waals surface area contributed by atoms with Gasteiger partial charge in [0.2, 0.25) is 0 Å². The van der Waals surface area contributed by atoms with Gasteiger partial charge in [-0.3, -0.25) is 9.59 Å². The number of ether oxygens (including phenoxy) is 3. The van der Waals surface area contributed by atoms with Crippen molar-refractivity contribution in [2.75, 3.05) is 21.3 Å². The van der Waals surface area contributed by atoms with Crippen LogP contribution in [-0.2, 0) is 19.1 Å². The van der Waals surface area contributed by atoms with Gasteiger partial charge in [-0.05, 0) is 24.1 Å². The molecular formula is C14H16O5. The first-order chi connectivity index (χ1) is 9.09. The third-order valence-electron chi connectivity index (χ3n) is 3.58. The minimum atomic E-state index is -1.18. The van der Waals surface area contributed by atoms with Gasteiger partial charge in [0, 0.05) is 5.92 Å². The van der Waals surface area contributed by atoms with Gasteiger partial charge in [0.25, 0.3) is 0 Å². The van der Waals surface area contributed by atoms with Crippen molar-refractivity contribution in [2.24, 2.45) is 5.41 Å². The number of hydrogen-bond acceptors (Lipinski definition) is 5. The van der Waals surface area contributed by atoms with Gasteiger partial charge < -0.3 is 14.2 Å². The second-order valence-corrected chi connectivity index (χ2v) is 4.48. The average Bonchev–Trinajstić information content (AvgIpc) is 3.22. The molecule has 5 heteroatoms. The SMILES string of the molecule is COC(=O)C1(C(=O)OC)CC1c1ccc(OC)cc1. The molecule has 0 spiro atoms. The molecule has 0 N–H and O–H groups in total. The summed E-state index contributed by atoms with van der Waals surface area (Å²) in [4.78, 5) is 23.7. The lowest BCUT2D eigenvalue weighted by atomic mass is 9.99. The molecule has 0 radical (unpaired) electrons. The van der Waals surface area contributed by atoms with Crippen molar-refractivity contribution in [3.8, 4) is 5.75 Å². The molecule has 5 nitrogen and oxygen atoms in total. The van der Waals surface area contributed by atoms with E-state index in [1.165, 1.54) is 14.2 Å². The molecule has 0 aromatic heterocycles. The van der Waals surface area contributed by atoms with E-state index in [0.29, 0.717) is 6.42 Å². The molecule has 0 amide bonds. The summed E-state index contributed by atoms with van der Waals surface area (Å²) < 4.78 is 14.5. The molecule has 0 heterocycles. The third-order valence-corrected chi connectivity index (χ3v) is 3.58. The summed E-state index contributed by atoms with van der Waals surface area (Å²) in [6, 6.07) is 7.29. The predicted octanol–water partition coefficient (Wildman–Crippen LogP) is 1.51. The summed E-state index contributed by atoms with van der Waals surface area (Å²) >= 11 is 0. The summed E-state index contributed by atoms with van der Waals surface area (Å²) in [5.41, 5.74) is -0.283. The predicted molar refractivity (Wildman–Crippen MR) is 66.8 cm³/mol. The van der Waals surface area contributed by atoms with Gasteiger partial charge in [0.1, 0.15) is 5.75 Å². The van der Waals surface area contributed by atoms with Crippen LogP contribution >= 0.6 is 0 Å². The molecule has 1 aromatic carbocycles. The molecule has 1 aromatic rings. The maximum Gasteiger partial charge on any atom is 0.323 e. The van der Waals surface area contributed by atoms with Crippen molar-refractivity contribution in [1.29, 1.82) is 0 Å². The standard InChI is InChI=1S/C14H16O5/c1-17-10-6-4-9(5-7-10)11-8-14(11,12(15)18-2)13(16)19-3/h4-7,11H,8H2,1-3H3. The average molecular weight is 264 g/mol. The molecule has 1 unspecified atom stereocenters. The fourth-order valence-electron chi connectivity index (χ4n) is 2.40. The molecule has 1 aliphatic carbocycles. The first-order valence-electron chi connectivity index (χ1n) is 5.91. The number of hydrogen-bond donors (Lipinski definition) is 0. The zero-order valence-corrected chi connectivity index (χ0v) is 11.1. The Kier molecular flexibility index (Phi) is 3.46. The van der Waals surface area contributed by atoms with Gasteiger partial charge in [-0.2, -0.15) is 0 Å². The van der Waals surface area contributed by atoms with Crippen LogP contribution in [0, 0.1) is 5.41 Å². The maximum absolute atomic E-state index is 11.9. The van der Waals surface area contributed by atoms with Crippen LogP contribution in [0.4, 0.5) is 0 Å². The van der Waals surface area contributed by atoms with Gasteiger partial charge in [-0.25, -0.2) is 0 Å². The first-order valence-corrected chi connectivity index (χ1v) is 5.91. The third kappa shape index (κ3) is 2.05. The van der Waals surface area contributed by atoms with E-state index in [4.69, 9.17) is 14.2 Å². The topological polar surface area (TPSA) is 61.8 Å². The Hall–Kier alpha value is -2.04. The molecule has 1 saturated carbocycles. The zero-order valence-electron chi connectivity index (χ0n) is 11.1. The van der Waals surface area contributed by atoms with E-state index >= 15 is 0 Å². The van der Waals surface area contributed by atoms with E-state index in [-0.39, 0.29) is 5.92 Å². The highest BCUT2D eigenvalue weighted by Gasteiger charge is 2.68.